The van der Waals surface area contributed by atoms with Gasteiger partial charge in [-0.1, -0.05) is 12.1 Å². The first-order chi connectivity index (χ1) is 8.40. The highest BCUT2D eigenvalue weighted by molar-refractivity contribution is 7.91. The van der Waals surface area contributed by atoms with E-state index in [2.05, 4.69) is 5.92 Å². The van der Waals surface area contributed by atoms with Gasteiger partial charge in [0.1, 0.15) is 11.0 Å². The van der Waals surface area contributed by atoms with E-state index in [0.29, 0.717) is 11.3 Å². The third-order valence-corrected chi connectivity index (χ3v) is 4.09. The molecule has 0 saturated heterocycles. The van der Waals surface area contributed by atoms with E-state index in [1.807, 2.05) is 0 Å². The number of ether oxygens (including phenoxy) is 1. The van der Waals surface area contributed by atoms with Crippen molar-refractivity contribution in [2.75, 3.05) is 13.4 Å². The van der Waals surface area contributed by atoms with Crippen LogP contribution in [0.3, 0.4) is 0 Å². The van der Waals surface area contributed by atoms with Gasteiger partial charge in [0.2, 0.25) is 0 Å². The summed E-state index contributed by atoms with van der Waals surface area (Å²) in [7, 11) is -1.92. The minimum Gasteiger partial charge on any atom is -0.497 e. The minimum atomic E-state index is -3.45. The summed E-state index contributed by atoms with van der Waals surface area (Å²) in [5.41, 5.74) is 0.501. The lowest BCUT2D eigenvalue weighted by atomic mass is 10.1. The average molecular weight is 268 g/mol. The average Bonchev–Trinajstić information content (AvgIpc) is 2.28. The van der Waals surface area contributed by atoms with Gasteiger partial charge in [0.25, 0.3) is 0 Å². The van der Waals surface area contributed by atoms with Gasteiger partial charge in [-0.15, -0.1) is 12.3 Å². The van der Waals surface area contributed by atoms with E-state index in [4.69, 9.17) is 11.2 Å². The van der Waals surface area contributed by atoms with E-state index in [1.54, 1.807) is 24.3 Å². The van der Waals surface area contributed by atoms with Gasteiger partial charge in [0, 0.05) is 12.7 Å². The molecular formula is C13H16O4S. The van der Waals surface area contributed by atoms with Gasteiger partial charge in [-0.2, -0.15) is 0 Å². The summed E-state index contributed by atoms with van der Waals surface area (Å²) < 4.78 is 28.5. The van der Waals surface area contributed by atoms with Crippen LogP contribution in [0.1, 0.15) is 17.2 Å². The zero-order valence-electron chi connectivity index (χ0n) is 10.3. The minimum absolute atomic E-state index is 0.0102. The molecule has 2 atom stereocenters. The molecule has 1 aromatic carbocycles. The maximum Gasteiger partial charge on any atom is 0.157 e. The second-order valence-electron chi connectivity index (χ2n) is 4.00. The highest BCUT2D eigenvalue weighted by atomic mass is 32.2. The number of aliphatic hydroxyl groups is 1. The molecule has 1 rings (SSSR count). The zero-order valence-corrected chi connectivity index (χ0v) is 11.1. The highest BCUT2D eigenvalue weighted by Crippen LogP contribution is 2.28. The van der Waals surface area contributed by atoms with Crippen molar-refractivity contribution in [1.82, 2.24) is 0 Å². The van der Waals surface area contributed by atoms with Crippen molar-refractivity contribution in [2.45, 2.75) is 17.8 Å². The molecule has 0 saturated carbocycles. The quantitative estimate of drug-likeness (QED) is 0.814. The fraction of sp³-hybridized carbons (Fsp3) is 0.385. The van der Waals surface area contributed by atoms with Gasteiger partial charge in [0.15, 0.2) is 9.84 Å². The Morgan fingerprint density at radius 3 is 2.33 bits per heavy atom. The number of rotatable bonds is 5. The number of methoxy groups -OCH3 is 1. The van der Waals surface area contributed by atoms with E-state index in [9.17, 15) is 13.5 Å². The van der Waals surface area contributed by atoms with Gasteiger partial charge in [-0.3, -0.25) is 0 Å². The van der Waals surface area contributed by atoms with E-state index >= 15 is 0 Å². The Morgan fingerprint density at radius 2 is 1.94 bits per heavy atom. The molecule has 5 heteroatoms. The van der Waals surface area contributed by atoms with Crippen LogP contribution in [0.2, 0.25) is 0 Å². The van der Waals surface area contributed by atoms with Crippen molar-refractivity contribution in [3.8, 4) is 18.1 Å². The Morgan fingerprint density at radius 1 is 1.39 bits per heavy atom. The van der Waals surface area contributed by atoms with Gasteiger partial charge < -0.3 is 9.84 Å². The summed E-state index contributed by atoms with van der Waals surface area (Å²) in [4.78, 5) is 0. The Bertz CT molecular complexity index is 525. The lowest BCUT2D eigenvalue weighted by Crippen LogP contribution is -2.25. The lowest BCUT2D eigenvalue weighted by Gasteiger charge is -2.20. The maximum atomic E-state index is 11.7. The molecule has 98 valence electrons. The maximum absolute atomic E-state index is 11.7. The van der Waals surface area contributed by atoms with Crippen LogP contribution in [-0.4, -0.2) is 33.0 Å². The largest absolute Gasteiger partial charge is 0.497 e. The summed E-state index contributed by atoms with van der Waals surface area (Å²) in [6.07, 6.45) is 5.07. The number of sulfone groups is 1. The van der Waals surface area contributed by atoms with Crippen LogP contribution in [0.15, 0.2) is 24.3 Å². The fourth-order valence-corrected chi connectivity index (χ4v) is 3.09. The molecule has 4 nitrogen and oxygen atoms in total. The van der Waals surface area contributed by atoms with E-state index < -0.39 is 21.2 Å². The van der Waals surface area contributed by atoms with Crippen LogP contribution in [0.25, 0.3) is 0 Å². The van der Waals surface area contributed by atoms with E-state index in [1.165, 1.54) is 7.11 Å². The van der Waals surface area contributed by atoms with Crippen LogP contribution in [0.4, 0.5) is 0 Å². The van der Waals surface area contributed by atoms with Crippen molar-refractivity contribution in [3.63, 3.8) is 0 Å². The smallest absolute Gasteiger partial charge is 0.157 e. The number of terminal acetylenes is 1. The summed E-state index contributed by atoms with van der Waals surface area (Å²) in [5, 5.41) is 8.86. The Hall–Kier alpha value is -1.51. The zero-order chi connectivity index (χ0) is 13.8. The predicted molar refractivity (Wildman–Crippen MR) is 70.0 cm³/mol. The second kappa shape index (κ2) is 5.89. The van der Waals surface area contributed by atoms with E-state index in [-0.39, 0.29) is 6.42 Å². The number of hydrogen-bond donors (Lipinski definition) is 1. The first-order valence-electron chi connectivity index (χ1n) is 5.34. The Kier molecular flexibility index (Phi) is 4.76. The summed E-state index contributed by atoms with van der Waals surface area (Å²) in [6.45, 7) is 0. The molecule has 2 unspecified atom stereocenters. The highest BCUT2D eigenvalue weighted by Gasteiger charge is 2.30. The van der Waals surface area contributed by atoms with Gasteiger partial charge in [0.05, 0.1) is 13.2 Å². The van der Waals surface area contributed by atoms with Crippen LogP contribution in [0.5, 0.6) is 5.75 Å². The predicted octanol–water partition coefficient (Wildman–Crippen LogP) is 1.17. The third-order valence-electron chi connectivity index (χ3n) is 2.58. The molecule has 1 N–H and O–H groups in total. The number of benzene rings is 1. The van der Waals surface area contributed by atoms with E-state index in [0.717, 1.165) is 6.26 Å². The molecule has 0 fully saturated rings. The molecule has 0 spiro atoms. The molecule has 0 amide bonds. The third kappa shape index (κ3) is 3.49. The normalized spacial score (nSPS) is 14.6. The van der Waals surface area contributed by atoms with Crippen molar-refractivity contribution < 1.29 is 18.3 Å². The summed E-state index contributed by atoms with van der Waals surface area (Å²) in [5.74, 6) is 2.90. The van der Waals surface area contributed by atoms with Crippen molar-refractivity contribution in [3.05, 3.63) is 29.8 Å². The van der Waals surface area contributed by atoms with Gasteiger partial charge >= 0.3 is 0 Å². The standard InChI is InChI=1S/C13H16O4S/c1-4-5-12(14)13(18(3,15)16)10-6-8-11(17-2)9-7-10/h1,6-9,12-14H,5H2,2-3H3. The monoisotopic (exact) mass is 268 g/mol. The SMILES string of the molecule is C#CCC(O)C(c1ccc(OC)cc1)S(C)(=O)=O. The number of hydrogen-bond acceptors (Lipinski definition) is 4. The van der Waals surface area contributed by atoms with Gasteiger partial charge in [-0.25, -0.2) is 8.42 Å². The fourth-order valence-electron chi connectivity index (χ4n) is 1.78. The molecule has 0 aliphatic heterocycles. The summed E-state index contributed by atoms with van der Waals surface area (Å²) in [6, 6.07) is 6.53. The van der Waals surface area contributed by atoms with Crippen LogP contribution < -0.4 is 4.74 Å². The lowest BCUT2D eigenvalue weighted by molar-refractivity contribution is 0.174. The van der Waals surface area contributed by atoms with Crippen molar-refractivity contribution >= 4 is 9.84 Å². The van der Waals surface area contributed by atoms with Crippen LogP contribution in [-0.2, 0) is 9.84 Å². The summed E-state index contributed by atoms with van der Waals surface area (Å²) >= 11 is 0. The molecule has 0 bridgehead atoms. The molecule has 0 aliphatic carbocycles. The molecular weight excluding hydrogens is 252 g/mol. The molecule has 0 heterocycles. The Labute approximate surface area is 108 Å². The van der Waals surface area contributed by atoms with Gasteiger partial charge in [-0.05, 0) is 17.7 Å². The van der Waals surface area contributed by atoms with Crippen molar-refractivity contribution in [1.29, 1.82) is 0 Å². The van der Waals surface area contributed by atoms with Crippen LogP contribution >= 0.6 is 0 Å². The Balaban J connectivity index is 3.14. The topological polar surface area (TPSA) is 63.6 Å². The first-order valence-corrected chi connectivity index (χ1v) is 7.30. The van der Waals surface area contributed by atoms with Crippen LogP contribution in [0, 0.1) is 12.3 Å². The van der Waals surface area contributed by atoms with Crippen molar-refractivity contribution in [2.24, 2.45) is 0 Å². The number of aliphatic hydroxyl groups excluding tert-OH is 1. The molecule has 1 aromatic rings. The molecule has 0 aliphatic rings. The molecule has 0 aromatic heterocycles. The molecule has 18 heavy (non-hydrogen) atoms. The first kappa shape index (κ1) is 14.6. The molecule has 0 radical (unpaired) electrons. The second-order valence-corrected chi connectivity index (χ2v) is 6.17.